The predicted molar refractivity (Wildman–Crippen MR) is 121 cm³/mol. The van der Waals surface area contributed by atoms with Crippen molar-refractivity contribution in [2.75, 3.05) is 13.1 Å². The van der Waals surface area contributed by atoms with Gasteiger partial charge >= 0.3 is 0 Å². The van der Waals surface area contributed by atoms with Crippen LogP contribution in [-0.2, 0) is 13.0 Å². The predicted octanol–water partition coefficient (Wildman–Crippen LogP) is 3.70. The fraction of sp³-hybridized carbons (Fsp3) is 0.263. The molecule has 3 aromatic rings. The van der Waals surface area contributed by atoms with Gasteiger partial charge in [0.15, 0.2) is 5.96 Å². The van der Waals surface area contributed by atoms with E-state index in [1.165, 1.54) is 0 Å². The number of nitrogens with zero attached hydrogens (tertiary/aromatic N) is 4. The molecule has 0 fully saturated rings. The molecule has 148 valence electrons. The minimum absolute atomic E-state index is 0. The lowest BCUT2D eigenvalue weighted by Gasteiger charge is -2.10. The monoisotopic (exact) mass is 512 g/mol. The van der Waals surface area contributed by atoms with Crippen LogP contribution in [0.25, 0.3) is 11.4 Å². The Hall–Kier alpha value is -2.20. The van der Waals surface area contributed by atoms with Crippen molar-refractivity contribution in [1.82, 2.24) is 25.8 Å². The number of benzene rings is 1. The first-order valence-corrected chi connectivity index (χ1v) is 9.13. The number of hydrogen-bond acceptors (Lipinski definition) is 5. The second kappa shape index (κ2) is 11.6. The molecule has 0 spiro atoms. The van der Waals surface area contributed by atoms with Gasteiger partial charge in [0.25, 0.3) is 0 Å². The van der Waals surface area contributed by atoms with Gasteiger partial charge < -0.3 is 15.2 Å². The molecule has 28 heavy (non-hydrogen) atoms. The molecular formula is C19H22ClIN6O. The molecule has 0 saturated carbocycles. The highest BCUT2D eigenvalue weighted by atomic mass is 127. The summed E-state index contributed by atoms with van der Waals surface area (Å²) in [7, 11) is 0. The van der Waals surface area contributed by atoms with Gasteiger partial charge in [0.2, 0.25) is 11.7 Å². The molecule has 2 heterocycles. The van der Waals surface area contributed by atoms with Gasteiger partial charge in [-0.25, -0.2) is 4.99 Å². The van der Waals surface area contributed by atoms with Gasteiger partial charge in [-0.05, 0) is 31.2 Å². The molecule has 0 amide bonds. The summed E-state index contributed by atoms with van der Waals surface area (Å²) in [5.74, 6) is 1.62. The van der Waals surface area contributed by atoms with Crippen LogP contribution in [0.5, 0.6) is 0 Å². The lowest BCUT2D eigenvalue weighted by molar-refractivity contribution is 0.380. The summed E-state index contributed by atoms with van der Waals surface area (Å²) < 4.78 is 5.28. The number of halogens is 2. The second-order valence-electron chi connectivity index (χ2n) is 5.72. The van der Waals surface area contributed by atoms with Crippen LogP contribution < -0.4 is 10.6 Å². The Morgan fingerprint density at radius 2 is 2.07 bits per heavy atom. The molecule has 0 aliphatic heterocycles. The Balaban J connectivity index is 0.00000280. The van der Waals surface area contributed by atoms with E-state index in [-0.39, 0.29) is 30.5 Å². The number of pyridine rings is 1. The second-order valence-corrected chi connectivity index (χ2v) is 6.15. The fourth-order valence-electron chi connectivity index (χ4n) is 2.41. The molecule has 2 aromatic heterocycles. The molecule has 3 rings (SSSR count). The van der Waals surface area contributed by atoms with Gasteiger partial charge in [-0.15, -0.1) is 24.0 Å². The average molecular weight is 513 g/mol. The third-order valence-corrected chi connectivity index (χ3v) is 3.90. The van der Waals surface area contributed by atoms with Crippen molar-refractivity contribution >= 4 is 41.5 Å². The first-order chi connectivity index (χ1) is 13.2. The van der Waals surface area contributed by atoms with E-state index in [2.05, 4.69) is 30.8 Å². The zero-order valence-electron chi connectivity index (χ0n) is 15.4. The Kier molecular flexibility index (Phi) is 9.15. The summed E-state index contributed by atoms with van der Waals surface area (Å²) in [6, 6.07) is 13.2. The lowest BCUT2D eigenvalue weighted by atomic mass is 10.2. The maximum atomic E-state index is 6.00. The maximum Gasteiger partial charge on any atom is 0.248 e. The first-order valence-electron chi connectivity index (χ1n) is 8.75. The number of nitrogens with one attached hydrogen (secondary N) is 2. The SMILES string of the molecule is CCNC(=NCc1nc(-c2cccc(Cl)c2)no1)NCCc1ccccn1.I. The van der Waals surface area contributed by atoms with Crippen LogP contribution in [0.15, 0.2) is 58.2 Å². The van der Waals surface area contributed by atoms with Gasteiger partial charge in [0.05, 0.1) is 0 Å². The smallest absolute Gasteiger partial charge is 0.248 e. The summed E-state index contributed by atoms with van der Waals surface area (Å²) in [5, 5.41) is 11.1. The number of aromatic nitrogens is 3. The van der Waals surface area contributed by atoms with Crippen LogP contribution in [0.1, 0.15) is 18.5 Å². The van der Waals surface area contributed by atoms with E-state index >= 15 is 0 Å². The van der Waals surface area contributed by atoms with Gasteiger partial charge in [0, 0.05) is 42.0 Å². The Morgan fingerprint density at radius 3 is 2.82 bits per heavy atom. The van der Waals surface area contributed by atoms with Crippen LogP contribution in [0, 0.1) is 0 Å². The van der Waals surface area contributed by atoms with Crippen molar-refractivity contribution in [1.29, 1.82) is 0 Å². The number of hydrogen-bond donors (Lipinski definition) is 2. The van der Waals surface area contributed by atoms with Crippen LogP contribution in [0.3, 0.4) is 0 Å². The van der Waals surface area contributed by atoms with E-state index in [0.29, 0.717) is 22.7 Å². The van der Waals surface area contributed by atoms with Gasteiger partial charge in [-0.3, -0.25) is 4.98 Å². The van der Waals surface area contributed by atoms with Gasteiger partial charge in [0.1, 0.15) is 6.54 Å². The summed E-state index contributed by atoms with van der Waals surface area (Å²) in [6.07, 6.45) is 2.60. The van der Waals surface area contributed by atoms with Crippen molar-refractivity contribution in [3.63, 3.8) is 0 Å². The van der Waals surface area contributed by atoms with E-state index < -0.39 is 0 Å². The van der Waals surface area contributed by atoms with Crippen molar-refractivity contribution in [3.8, 4) is 11.4 Å². The largest absolute Gasteiger partial charge is 0.357 e. The lowest BCUT2D eigenvalue weighted by Crippen LogP contribution is -2.38. The highest BCUT2D eigenvalue weighted by molar-refractivity contribution is 14.0. The Morgan fingerprint density at radius 1 is 1.18 bits per heavy atom. The molecule has 0 radical (unpaired) electrons. The van der Waals surface area contributed by atoms with E-state index in [0.717, 1.165) is 30.8 Å². The van der Waals surface area contributed by atoms with Gasteiger partial charge in [-0.1, -0.05) is 35.0 Å². The topological polar surface area (TPSA) is 88.2 Å². The van der Waals surface area contributed by atoms with Crippen LogP contribution >= 0.6 is 35.6 Å². The third-order valence-electron chi connectivity index (χ3n) is 3.67. The van der Waals surface area contributed by atoms with Crippen LogP contribution in [-0.4, -0.2) is 34.2 Å². The molecule has 0 saturated heterocycles. The molecule has 9 heteroatoms. The highest BCUT2D eigenvalue weighted by Crippen LogP contribution is 2.20. The highest BCUT2D eigenvalue weighted by Gasteiger charge is 2.09. The van der Waals surface area contributed by atoms with Gasteiger partial charge in [-0.2, -0.15) is 4.98 Å². The number of aliphatic imine (C=N–C) groups is 1. The van der Waals surface area contributed by atoms with Crippen LogP contribution in [0.4, 0.5) is 0 Å². The zero-order chi connectivity index (χ0) is 18.9. The summed E-state index contributed by atoms with van der Waals surface area (Å²) in [4.78, 5) is 13.2. The third kappa shape index (κ3) is 6.75. The van der Waals surface area contributed by atoms with Crippen molar-refractivity contribution in [2.45, 2.75) is 19.9 Å². The first kappa shape index (κ1) is 22.1. The standard InChI is InChI=1S/C19H21ClN6O.HI/c1-2-21-19(23-11-9-16-8-3-4-10-22-16)24-13-17-25-18(26-27-17)14-6-5-7-15(20)12-14;/h3-8,10,12H,2,9,11,13H2,1H3,(H2,21,23,24);1H. The van der Waals surface area contributed by atoms with E-state index in [1.807, 2.05) is 37.3 Å². The minimum Gasteiger partial charge on any atom is -0.357 e. The molecule has 2 N–H and O–H groups in total. The normalized spacial score (nSPS) is 11.0. The van der Waals surface area contributed by atoms with Crippen LogP contribution in [0.2, 0.25) is 5.02 Å². The van der Waals surface area contributed by atoms with E-state index in [1.54, 1.807) is 18.3 Å². The van der Waals surface area contributed by atoms with E-state index in [4.69, 9.17) is 16.1 Å². The Bertz CT molecular complexity index is 887. The maximum absolute atomic E-state index is 6.00. The zero-order valence-corrected chi connectivity index (χ0v) is 18.5. The van der Waals surface area contributed by atoms with E-state index in [9.17, 15) is 0 Å². The number of rotatable bonds is 7. The van der Waals surface area contributed by atoms with Crippen molar-refractivity contribution < 1.29 is 4.52 Å². The molecule has 0 bridgehead atoms. The molecule has 0 unspecified atom stereocenters. The molecule has 1 aromatic carbocycles. The summed E-state index contributed by atoms with van der Waals surface area (Å²) in [6.45, 7) is 3.78. The van der Waals surface area contributed by atoms with Crippen molar-refractivity contribution in [3.05, 3.63) is 65.3 Å². The molecule has 0 aliphatic carbocycles. The molecule has 7 nitrogen and oxygen atoms in total. The summed E-state index contributed by atoms with van der Waals surface area (Å²) in [5.41, 5.74) is 1.84. The fourth-order valence-corrected chi connectivity index (χ4v) is 2.60. The average Bonchev–Trinajstić information content (AvgIpc) is 3.16. The molecular weight excluding hydrogens is 491 g/mol. The molecule has 0 atom stereocenters. The minimum atomic E-state index is 0. The molecule has 0 aliphatic rings. The van der Waals surface area contributed by atoms with Crippen molar-refractivity contribution in [2.24, 2.45) is 4.99 Å². The Labute approximate surface area is 186 Å². The number of guanidine groups is 1. The summed E-state index contributed by atoms with van der Waals surface area (Å²) >= 11 is 6.00. The quantitative estimate of drug-likeness (QED) is 0.285.